The van der Waals surface area contributed by atoms with E-state index in [4.69, 9.17) is 0 Å². The van der Waals surface area contributed by atoms with Crippen LogP contribution in [0.2, 0.25) is 0 Å². The van der Waals surface area contributed by atoms with E-state index in [0.29, 0.717) is 6.04 Å². The van der Waals surface area contributed by atoms with Crippen LogP contribution in [0.3, 0.4) is 0 Å². The number of hydrogen-bond acceptors (Lipinski definition) is 3. The van der Waals surface area contributed by atoms with E-state index in [1.165, 1.54) is 32.1 Å². The zero-order valence-electron chi connectivity index (χ0n) is 11.3. The Balaban J connectivity index is 1.72. The monoisotopic (exact) mass is 271 g/mol. The van der Waals surface area contributed by atoms with Crippen molar-refractivity contribution in [1.82, 2.24) is 5.32 Å². The predicted molar refractivity (Wildman–Crippen MR) is 76.1 cm³/mol. The lowest BCUT2D eigenvalue weighted by molar-refractivity contribution is -0.144. The van der Waals surface area contributed by atoms with Gasteiger partial charge in [0, 0.05) is 11.3 Å². The molecule has 0 aromatic carbocycles. The number of rotatable bonds is 7. The van der Waals surface area contributed by atoms with E-state index in [1.54, 1.807) is 0 Å². The molecular formula is C14H25NO2S. The number of aliphatic carboxylic acids is 1. The highest BCUT2D eigenvalue weighted by Crippen LogP contribution is 2.31. The summed E-state index contributed by atoms with van der Waals surface area (Å²) in [6, 6.07) is 0.450. The van der Waals surface area contributed by atoms with Crippen LogP contribution < -0.4 is 5.32 Å². The van der Waals surface area contributed by atoms with E-state index in [-0.39, 0.29) is 0 Å². The molecule has 0 aromatic rings. The molecule has 2 aliphatic rings. The summed E-state index contributed by atoms with van der Waals surface area (Å²) in [7, 11) is 0. The average Bonchev–Trinajstić information content (AvgIpc) is 3.14. The first-order valence-electron chi connectivity index (χ1n) is 7.23. The van der Waals surface area contributed by atoms with E-state index in [9.17, 15) is 9.90 Å². The molecule has 0 aromatic heterocycles. The van der Waals surface area contributed by atoms with Gasteiger partial charge in [-0.1, -0.05) is 19.3 Å². The first-order chi connectivity index (χ1) is 8.60. The lowest BCUT2D eigenvalue weighted by atomic mass is 9.99. The summed E-state index contributed by atoms with van der Waals surface area (Å²) >= 11 is 1.99. The van der Waals surface area contributed by atoms with Crippen molar-refractivity contribution in [2.45, 2.75) is 75.1 Å². The molecule has 0 radical (unpaired) electrons. The SMILES string of the molecule is CC(CCSC1CCCCC1)(NC1CC1)C(=O)O. The molecule has 1 atom stereocenters. The van der Waals surface area contributed by atoms with Gasteiger partial charge in [-0.3, -0.25) is 10.1 Å². The summed E-state index contributed by atoms with van der Waals surface area (Å²) in [6.07, 6.45) is 9.75. The Hall–Kier alpha value is -0.220. The Morgan fingerprint density at radius 3 is 2.50 bits per heavy atom. The summed E-state index contributed by atoms with van der Waals surface area (Å²) in [4.78, 5) is 11.4. The number of carboxylic acids is 1. The third-order valence-corrected chi connectivity index (χ3v) is 5.46. The van der Waals surface area contributed by atoms with Crippen LogP contribution in [0.1, 0.15) is 58.3 Å². The van der Waals surface area contributed by atoms with E-state index >= 15 is 0 Å². The molecule has 0 amide bonds. The summed E-state index contributed by atoms with van der Waals surface area (Å²) in [5, 5.41) is 13.4. The van der Waals surface area contributed by atoms with Crippen LogP contribution in [0.5, 0.6) is 0 Å². The van der Waals surface area contributed by atoms with Crippen molar-refractivity contribution in [3.05, 3.63) is 0 Å². The van der Waals surface area contributed by atoms with Gasteiger partial charge >= 0.3 is 5.97 Å². The Bertz CT molecular complexity index is 288. The molecule has 2 saturated carbocycles. The maximum atomic E-state index is 11.4. The molecule has 0 heterocycles. The van der Waals surface area contributed by atoms with Crippen molar-refractivity contribution in [2.75, 3.05) is 5.75 Å². The zero-order chi connectivity index (χ0) is 13.0. The topological polar surface area (TPSA) is 49.3 Å². The molecule has 1 unspecified atom stereocenters. The molecule has 104 valence electrons. The Kier molecular flexibility index (Phi) is 4.96. The van der Waals surface area contributed by atoms with Gasteiger partial charge in [-0.05, 0) is 44.8 Å². The normalized spacial score (nSPS) is 24.7. The van der Waals surface area contributed by atoms with Gasteiger partial charge in [-0.2, -0.15) is 11.8 Å². The highest BCUT2D eigenvalue weighted by Gasteiger charge is 2.38. The molecule has 3 nitrogen and oxygen atoms in total. The molecule has 0 aliphatic heterocycles. The summed E-state index contributed by atoms with van der Waals surface area (Å²) in [5.74, 6) is 0.270. The van der Waals surface area contributed by atoms with Crippen LogP contribution in [-0.4, -0.2) is 33.7 Å². The van der Waals surface area contributed by atoms with Crippen molar-refractivity contribution in [3.63, 3.8) is 0 Å². The van der Waals surface area contributed by atoms with Crippen molar-refractivity contribution in [2.24, 2.45) is 0 Å². The number of hydrogen-bond donors (Lipinski definition) is 2. The minimum absolute atomic E-state index is 0.450. The largest absolute Gasteiger partial charge is 0.480 e. The molecule has 2 rings (SSSR count). The molecule has 4 heteroatoms. The maximum Gasteiger partial charge on any atom is 0.323 e. The summed E-state index contributed by atoms with van der Waals surface area (Å²) in [5.41, 5.74) is -0.719. The molecule has 2 aliphatic carbocycles. The van der Waals surface area contributed by atoms with E-state index < -0.39 is 11.5 Å². The standard InChI is InChI=1S/C14H25NO2S/c1-14(13(16)17,15-11-7-8-11)9-10-18-12-5-3-2-4-6-12/h11-12,15H,2-10H2,1H3,(H,16,17). The van der Waals surface area contributed by atoms with Gasteiger partial charge in [-0.15, -0.1) is 0 Å². The molecule has 2 N–H and O–H groups in total. The number of nitrogens with one attached hydrogen (secondary N) is 1. The first-order valence-corrected chi connectivity index (χ1v) is 8.28. The zero-order valence-corrected chi connectivity index (χ0v) is 12.1. The van der Waals surface area contributed by atoms with E-state index in [0.717, 1.165) is 30.3 Å². The van der Waals surface area contributed by atoms with Crippen LogP contribution in [0.25, 0.3) is 0 Å². The Labute approximate surface area is 114 Å². The average molecular weight is 271 g/mol. The van der Waals surface area contributed by atoms with Gasteiger partial charge in [0.25, 0.3) is 0 Å². The second kappa shape index (κ2) is 6.29. The fraction of sp³-hybridized carbons (Fsp3) is 0.929. The highest BCUT2D eigenvalue weighted by molar-refractivity contribution is 7.99. The number of thioether (sulfide) groups is 1. The van der Waals surface area contributed by atoms with Gasteiger partial charge in [-0.25, -0.2) is 0 Å². The molecule has 0 spiro atoms. The minimum Gasteiger partial charge on any atom is -0.480 e. The first kappa shape index (κ1) is 14.2. The third-order valence-electron chi connectivity index (χ3n) is 4.08. The predicted octanol–water partition coefficient (Wildman–Crippen LogP) is 3.04. The highest BCUT2D eigenvalue weighted by atomic mass is 32.2. The molecular weight excluding hydrogens is 246 g/mol. The fourth-order valence-electron chi connectivity index (χ4n) is 2.58. The van der Waals surface area contributed by atoms with Gasteiger partial charge < -0.3 is 5.11 Å². The molecule has 18 heavy (non-hydrogen) atoms. The van der Waals surface area contributed by atoms with Crippen molar-refractivity contribution >= 4 is 17.7 Å². The van der Waals surface area contributed by atoms with Crippen LogP contribution in [0.15, 0.2) is 0 Å². The minimum atomic E-state index is -0.719. The van der Waals surface area contributed by atoms with Gasteiger partial charge in [0.1, 0.15) is 5.54 Å². The van der Waals surface area contributed by atoms with Crippen LogP contribution >= 0.6 is 11.8 Å². The third kappa shape index (κ3) is 4.16. The second-order valence-corrected chi connectivity index (χ2v) is 7.34. The summed E-state index contributed by atoms with van der Waals surface area (Å²) < 4.78 is 0. The van der Waals surface area contributed by atoms with Crippen molar-refractivity contribution in [1.29, 1.82) is 0 Å². The van der Waals surface area contributed by atoms with Crippen molar-refractivity contribution in [3.8, 4) is 0 Å². The van der Waals surface area contributed by atoms with Gasteiger partial charge in [0.05, 0.1) is 0 Å². The summed E-state index contributed by atoms with van der Waals surface area (Å²) in [6.45, 7) is 1.84. The quantitative estimate of drug-likeness (QED) is 0.747. The second-order valence-electron chi connectivity index (χ2n) is 5.94. The van der Waals surface area contributed by atoms with Gasteiger partial charge in [0.15, 0.2) is 0 Å². The Morgan fingerprint density at radius 1 is 1.28 bits per heavy atom. The molecule has 0 bridgehead atoms. The molecule has 0 saturated heterocycles. The molecule has 2 fully saturated rings. The van der Waals surface area contributed by atoms with E-state index in [1.807, 2.05) is 18.7 Å². The maximum absolute atomic E-state index is 11.4. The Morgan fingerprint density at radius 2 is 1.94 bits per heavy atom. The fourth-order valence-corrected chi connectivity index (χ4v) is 4.11. The number of carboxylic acid groups (broad SMARTS) is 1. The smallest absolute Gasteiger partial charge is 0.323 e. The van der Waals surface area contributed by atoms with E-state index in [2.05, 4.69) is 5.32 Å². The lowest BCUT2D eigenvalue weighted by Gasteiger charge is -2.28. The van der Waals surface area contributed by atoms with Crippen LogP contribution in [0.4, 0.5) is 0 Å². The lowest BCUT2D eigenvalue weighted by Crippen LogP contribution is -2.51. The number of carbonyl (C=O) groups is 1. The van der Waals surface area contributed by atoms with Crippen molar-refractivity contribution < 1.29 is 9.90 Å². The van der Waals surface area contributed by atoms with Crippen LogP contribution in [-0.2, 0) is 4.79 Å². The van der Waals surface area contributed by atoms with Gasteiger partial charge in [0.2, 0.25) is 0 Å². The van der Waals surface area contributed by atoms with Crippen LogP contribution in [0, 0.1) is 0 Å².